The Kier molecular flexibility index (Phi) is 4.93. The van der Waals surface area contributed by atoms with Gasteiger partial charge < -0.3 is 24.3 Å². The molecule has 0 aliphatic carbocycles. The molecule has 0 radical (unpaired) electrons. The SMILES string of the molecule is CCOc1ccc(C(=O)NC(C)(C)c2ccc3c(c2)OCO3)cc1OC. The molecule has 6 heteroatoms. The zero-order valence-electron chi connectivity index (χ0n) is 15.4. The van der Waals surface area contributed by atoms with Gasteiger partial charge in [-0.15, -0.1) is 0 Å². The lowest BCUT2D eigenvalue weighted by Crippen LogP contribution is -2.41. The van der Waals surface area contributed by atoms with Crippen LogP contribution in [0.3, 0.4) is 0 Å². The maximum absolute atomic E-state index is 12.7. The number of carbonyl (C=O) groups is 1. The summed E-state index contributed by atoms with van der Waals surface area (Å²) >= 11 is 0. The molecular weight excluding hydrogens is 334 g/mol. The molecule has 0 spiro atoms. The van der Waals surface area contributed by atoms with Crippen LogP contribution in [0.4, 0.5) is 0 Å². The lowest BCUT2D eigenvalue weighted by molar-refractivity contribution is 0.0911. The van der Waals surface area contributed by atoms with Gasteiger partial charge in [-0.3, -0.25) is 4.79 Å². The highest BCUT2D eigenvalue weighted by atomic mass is 16.7. The van der Waals surface area contributed by atoms with Crippen LogP contribution in [0.2, 0.25) is 0 Å². The van der Waals surface area contributed by atoms with E-state index >= 15 is 0 Å². The Hall–Kier alpha value is -2.89. The first-order valence-corrected chi connectivity index (χ1v) is 8.48. The zero-order chi connectivity index (χ0) is 18.7. The van der Waals surface area contributed by atoms with Crippen molar-refractivity contribution in [2.45, 2.75) is 26.3 Å². The van der Waals surface area contributed by atoms with Gasteiger partial charge in [0.25, 0.3) is 5.91 Å². The van der Waals surface area contributed by atoms with Gasteiger partial charge in [-0.25, -0.2) is 0 Å². The van der Waals surface area contributed by atoms with E-state index in [4.69, 9.17) is 18.9 Å². The smallest absolute Gasteiger partial charge is 0.252 e. The summed E-state index contributed by atoms with van der Waals surface area (Å²) in [6.07, 6.45) is 0. The van der Waals surface area contributed by atoms with Crippen molar-refractivity contribution in [2.24, 2.45) is 0 Å². The van der Waals surface area contributed by atoms with Gasteiger partial charge >= 0.3 is 0 Å². The van der Waals surface area contributed by atoms with Gasteiger partial charge in [-0.1, -0.05) is 6.07 Å². The molecule has 1 N–H and O–H groups in total. The van der Waals surface area contributed by atoms with Crippen molar-refractivity contribution in [3.05, 3.63) is 47.5 Å². The van der Waals surface area contributed by atoms with Crippen molar-refractivity contribution < 1.29 is 23.7 Å². The molecule has 1 amide bonds. The van der Waals surface area contributed by atoms with Crippen molar-refractivity contribution in [3.63, 3.8) is 0 Å². The van der Waals surface area contributed by atoms with E-state index in [1.54, 1.807) is 25.3 Å². The molecule has 1 aliphatic heterocycles. The number of carbonyl (C=O) groups excluding carboxylic acids is 1. The molecule has 2 aromatic rings. The molecule has 2 aromatic carbocycles. The minimum Gasteiger partial charge on any atom is -0.493 e. The van der Waals surface area contributed by atoms with Crippen molar-refractivity contribution in [1.82, 2.24) is 5.32 Å². The fourth-order valence-corrected chi connectivity index (χ4v) is 2.80. The Balaban J connectivity index is 1.80. The summed E-state index contributed by atoms with van der Waals surface area (Å²) in [6, 6.07) is 10.8. The first kappa shape index (κ1) is 17.9. The Labute approximate surface area is 153 Å². The van der Waals surface area contributed by atoms with Crippen molar-refractivity contribution in [2.75, 3.05) is 20.5 Å². The standard InChI is InChI=1S/C20H23NO5/c1-5-24-15-8-6-13(10-17(15)23-4)19(22)21-20(2,3)14-7-9-16-18(11-14)26-12-25-16/h6-11H,5,12H2,1-4H3,(H,21,22). The Morgan fingerprint density at radius 2 is 1.88 bits per heavy atom. The van der Waals surface area contributed by atoms with E-state index in [9.17, 15) is 4.79 Å². The van der Waals surface area contributed by atoms with E-state index in [0.29, 0.717) is 35.2 Å². The third-order valence-corrected chi connectivity index (χ3v) is 4.25. The van der Waals surface area contributed by atoms with Crippen LogP contribution in [-0.4, -0.2) is 26.4 Å². The van der Waals surface area contributed by atoms with Gasteiger partial charge in [-0.2, -0.15) is 0 Å². The summed E-state index contributed by atoms with van der Waals surface area (Å²) in [4.78, 5) is 12.7. The number of methoxy groups -OCH3 is 1. The predicted molar refractivity (Wildman–Crippen MR) is 97.2 cm³/mol. The minimum absolute atomic E-state index is 0.200. The van der Waals surface area contributed by atoms with Crippen LogP contribution in [0.5, 0.6) is 23.0 Å². The summed E-state index contributed by atoms with van der Waals surface area (Å²) in [5.41, 5.74) is 0.830. The number of benzene rings is 2. The molecule has 0 saturated heterocycles. The summed E-state index contributed by atoms with van der Waals surface area (Å²) in [5, 5.41) is 3.05. The Morgan fingerprint density at radius 3 is 2.62 bits per heavy atom. The lowest BCUT2D eigenvalue weighted by atomic mass is 9.93. The number of hydrogen-bond donors (Lipinski definition) is 1. The normalized spacial score (nSPS) is 12.6. The third-order valence-electron chi connectivity index (χ3n) is 4.25. The molecule has 0 unspecified atom stereocenters. The highest BCUT2D eigenvalue weighted by Crippen LogP contribution is 2.36. The van der Waals surface area contributed by atoms with E-state index < -0.39 is 5.54 Å². The average Bonchev–Trinajstić information content (AvgIpc) is 3.09. The molecule has 1 aliphatic rings. The highest BCUT2D eigenvalue weighted by molar-refractivity contribution is 5.95. The van der Waals surface area contributed by atoms with Crippen LogP contribution in [0.25, 0.3) is 0 Å². The first-order valence-electron chi connectivity index (χ1n) is 8.48. The summed E-state index contributed by atoms with van der Waals surface area (Å²) in [5.74, 6) is 2.34. The second-order valence-corrected chi connectivity index (χ2v) is 6.45. The monoisotopic (exact) mass is 357 g/mol. The average molecular weight is 357 g/mol. The largest absolute Gasteiger partial charge is 0.493 e. The maximum Gasteiger partial charge on any atom is 0.252 e. The maximum atomic E-state index is 12.7. The van der Waals surface area contributed by atoms with Gasteiger partial charge in [0.2, 0.25) is 6.79 Å². The van der Waals surface area contributed by atoms with Gasteiger partial charge in [0, 0.05) is 5.56 Å². The number of rotatable bonds is 6. The number of amides is 1. The van der Waals surface area contributed by atoms with Crippen LogP contribution in [0.15, 0.2) is 36.4 Å². The van der Waals surface area contributed by atoms with Crippen LogP contribution >= 0.6 is 0 Å². The Bertz CT molecular complexity index is 816. The van der Waals surface area contributed by atoms with Crippen LogP contribution in [-0.2, 0) is 5.54 Å². The van der Waals surface area contributed by atoms with Crippen molar-refractivity contribution in [1.29, 1.82) is 0 Å². The molecular formula is C20H23NO5. The van der Waals surface area contributed by atoms with E-state index in [-0.39, 0.29) is 12.7 Å². The molecule has 0 saturated carbocycles. The fourth-order valence-electron chi connectivity index (χ4n) is 2.80. The van der Waals surface area contributed by atoms with Gasteiger partial charge in [0.05, 0.1) is 19.3 Å². The second-order valence-electron chi connectivity index (χ2n) is 6.45. The van der Waals surface area contributed by atoms with Crippen molar-refractivity contribution >= 4 is 5.91 Å². The number of hydrogen-bond acceptors (Lipinski definition) is 5. The predicted octanol–water partition coefficient (Wildman–Crippen LogP) is 3.49. The summed E-state index contributed by atoms with van der Waals surface area (Å²) in [6.45, 7) is 6.52. The zero-order valence-corrected chi connectivity index (χ0v) is 15.4. The highest BCUT2D eigenvalue weighted by Gasteiger charge is 2.26. The van der Waals surface area contributed by atoms with Crippen LogP contribution < -0.4 is 24.3 Å². The van der Waals surface area contributed by atoms with Gasteiger partial charge in [0.1, 0.15) is 0 Å². The number of fused-ring (bicyclic) bond motifs is 1. The molecule has 0 atom stereocenters. The van der Waals surface area contributed by atoms with Gasteiger partial charge in [0.15, 0.2) is 23.0 Å². The molecule has 138 valence electrons. The first-order chi connectivity index (χ1) is 12.4. The fraction of sp³-hybridized carbons (Fsp3) is 0.350. The molecule has 6 nitrogen and oxygen atoms in total. The van der Waals surface area contributed by atoms with Crippen LogP contribution in [0, 0.1) is 0 Å². The molecule has 1 heterocycles. The Morgan fingerprint density at radius 1 is 1.12 bits per heavy atom. The summed E-state index contributed by atoms with van der Waals surface area (Å²) in [7, 11) is 1.55. The summed E-state index contributed by atoms with van der Waals surface area (Å²) < 4.78 is 21.6. The molecule has 0 fully saturated rings. The van der Waals surface area contributed by atoms with E-state index in [1.165, 1.54) is 0 Å². The van der Waals surface area contributed by atoms with Gasteiger partial charge in [-0.05, 0) is 56.7 Å². The molecule has 3 rings (SSSR count). The van der Waals surface area contributed by atoms with E-state index in [1.807, 2.05) is 39.0 Å². The van der Waals surface area contributed by atoms with Crippen LogP contribution in [0.1, 0.15) is 36.7 Å². The quantitative estimate of drug-likeness (QED) is 0.857. The minimum atomic E-state index is -0.593. The molecule has 0 bridgehead atoms. The lowest BCUT2D eigenvalue weighted by Gasteiger charge is -2.27. The molecule has 0 aromatic heterocycles. The van der Waals surface area contributed by atoms with E-state index in [0.717, 1.165) is 5.56 Å². The van der Waals surface area contributed by atoms with Crippen molar-refractivity contribution in [3.8, 4) is 23.0 Å². The second kappa shape index (κ2) is 7.15. The molecule has 26 heavy (non-hydrogen) atoms. The number of ether oxygens (including phenoxy) is 4. The topological polar surface area (TPSA) is 66.0 Å². The third kappa shape index (κ3) is 3.54. The van der Waals surface area contributed by atoms with E-state index in [2.05, 4.69) is 5.32 Å². The number of nitrogens with one attached hydrogen (secondary N) is 1.